The first-order valence-electron chi connectivity index (χ1n) is 4.87. The molecule has 2 aromatic heterocycles. The molecule has 98 valence electrons. The molecular formula is C9H4N8O2S. The lowest BCUT2D eigenvalue weighted by Gasteiger charge is -1.94. The summed E-state index contributed by atoms with van der Waals surface area (Å²) in [5, 5.41) is 16.5. The maximum Gasteiger partial charge on any atom is 0.414 e. The first-order valence-corrected chi connectivity index (χ1v) is 5.28. The van der Waals surface area contributed by atoms with Gasteiger partial charge in [0.25, 0.3) is 17.2 Å². The summed E-state index contributed by atoms with van der Waals surface area (Å²) in [7, 11) is 0. The number of H-pyrrole nitrogens is 3. The Morgan fingerprint density at radius 3 is 2.50 bits per heavy atom. The summed E-state index contributed by atoms with van der Waals surface area (Å²) in [6, 6.07) is 0. The van der Waals surface area contributed by atoms with Gasteiger partial charge in [0.05, 0.1) is 0 Å². The molecule has 0 spiro atoms. The second-order valence-electron chi connectivity index (χ2n) is 3.26. The molecular weight excluding hydrogens is 284 g/mol. The van der Waals surface area contributed by atoms with Crippen molar-refractivity contribution in [3.8, 4) is 5.88 Å². The van der Waals surface area contributed by atoms with Crippen molar-refractivity contribution in [1.29, 1.82) is 0 Å². The molecule has 0 radical (unpaired) electrons. The van der Waals surface area contributed by atoms with Gasteiger partial charge in [0, 0.05) is 0 Å². The molecule has 0 aliphatic heterocycles. The Morgan fingerprint density at radius 1 is 1.20 bits per heavy atom. The molecule has 0 unspecified atom stereocenters. The van der Waals surface area contributed by atoms with Crippen molar-refractivity contribution in [2.45, 2.75) is 0 Å². The molecule has 0 aromatic carbocycles. The Labute approximate surface area is 115 Å². The van der Waals surface area contributed by atoms with Crippen LogP contribution in [0.3, 0.4) is 0 Å². The van der Waals surface area contributed by atoms with Gasteiger partial charge < -0.3 is 19.8 Å². The van der Waals surface area contributed by atoms with Gasteiger partial charge in [-0.15, -0.1) is 5.11 Å². The Bertz CT molecular complexity index is 859. The van der Waals surface area contributed by atoms with E-state index in [4.69, 9.17) is 13.1 Å². The summed E-state index contributed by atoms with van der Waals surface area (Å²) in [5.41, 5.74) is -1.14. The van der Waals surface area contributed by atoms with Crippen LogP contribution in [-0.2, 0) is 0 Å². The van der Waals surface area contributed by atoms with Crippen LogP contribution in [0.4, 0.5) is 23.3 Å². The summed E-state index contributed by atoms with van der Waals surface area (Å²) in [5.74, 6) is -0.924. The summed E-state index contributed by atoms with van der Waals surface area (Å²) >= 11 is 4.65. The van der Waals surface area contributed by atoms with Crippen molar-refractivity contribution >= 4 is 35.5 Å². The van der Waals surface area contributed by atoms with Crippen LogP contribution in [0.15, 0.2) is 15.0 Å². The Kier molecular flexibility index (Phi) is 3.37. The fourth-order valence-corrected chi connectivity index (χ4v) is 1.39. The maximum atomic E-state index is 11.5. The zero-order chi connectivity index (χ0) is 14.7. The maximum absolute atomic E-state index is 11.5. The minimum Gasteiger partial charge on any atom is -0.493 e. The normalized spacial score (nSPS) is 10.3. The first-order chi connectivity index (χ1) is 9.55. The SMILES string of the molecule is [C-]#[N+]c1nc(N=Nc2c(O)[nH]c(=S)[nH]c2=O)[nH]c1[N+]#[C-]. The minimum absolute atomic E-state index is 0.0602. The Hall–Kier alpha value is -3.31. The van der Waals surface area contributed by atoms with Crippen molar-refractivity contribution in [2.24, 2.45) is 10.2 Å². The number of aromatic nitrogens is 4. The van der Waals surface area contributed by atoms with Crippen LogP contribution in [0.1, 0.15) is 0 Å². The second-order valence-corrected chi connectivity index (χ2v) is 3.67. The highest BCUT2D eigenvalue weighted by Gasteiger charge is 2.14. The summed E-state index contributed by atoms with van der Waals surface area (Å²) in [6.07, 6.45) is 0. The molecule has 20 heavy (non-hydrogen) atoms. The topological polar surface area (TPSA) is 131 Å². The lowest BCUT2D eigenvalue weighted by Crippen LogP contribution is -2.06. The third-order valence-electron chi connectivity index (χ3n) is 2.01. The quantitative estimate of drug-likeness (QED) is 0.383. The zero-order valence-corrected chi connectivity index (χ0v) is 10.3. The number of aromatic amines is 3. The van der Waals surface area contributed by atoms with Crippen LogP contribution in [-0.4, -0.2) is 25.0 Å². The zero-order valence-electron chi connectivity index (χ0n) is 9.50. The average Bonchev–Trinajstić information content (AvgIpc) is 2.79. The van der Waals surface area contributed by atoms with Crippen LogP contribution in [0.25, 0.3) is 9.69 Å². The standard InChI is InChI=1S/C9H4N8O2S/c1-10-4-5(11-2)13-8(12-4)17-16-3-6(18)14-9(20)15-7(3)19/h(H,12,13)(H3,14,15,18,19,20). The highest BCUT2D eigenvalue weighted by atomic mass is 32.1. The number of rotatable bonds is 2. The molecule has 0 aliphatic carbocycles. The van der Waals surface area contributed by atoms with Gasteiger partial charge in [0.1, 0.15) is 0 Å². The predicted molar refractivity (Wildman–Crippen MR) is 69.2 cm³/mol. The summed E-state index contributed by atoms with van der Waals surface area (Å²) in [6.45, 7) is 13.6. The average molecular weight is 288 g/mol. The van der Waals surface area contributed by atoms with E-state index in [2.05, 4.69) is 52.1 Å². The van der Waals surface area contributed by atoms with E-state index in [1.54, 1.807) is 0 Å². The molecule has 0 fully saturated rings. The third kappa shape index (κ3) is 2.43. The van der Waals surface area contributed by atoms with Gasteiger partial charge >= 0.3 is 5.95 Å². The van der Waals surface area contributed by atoms with E-state index in [1.165, 1.54) is 0 Å². The van der Waals surface area contributed by atoms with E-state index >= 15 is 0 Å². The van der Waals surface area contributed by atoms with Gasteiger partial charge in [-0.3, -0.25) is 14.8 Å². The fraction of sp³-hybridized carbons (Fsp3) is 0. The molecule has 0 aliphatic rings. The molecule has 0 atom stereocenters. The molecule has 0 saturated heterocycles. The van der Waals surface area contributed by atoms with E-state index in [0.29, 0.717) is 0 Å². The van der Waals surface area contributed by atoms with Gasteiger partial charge in [-0.2, -0.15) is 0 Å². The number of hydrogen-bond acceptors (Lipinski definition) is 6. The van der Waals surface area contributed by atoms with Crippen molar-refractivity contribution in [3.63, 3.8) is 0 Å². The lowest BCUT2D eigenvalue weighted by molar-refractivity contribution is 0.451. The van der Waals surface area contributed by atoms with Crippen LogP contribution in [0.5, 0.6) is 5.88 Å². The van der Waals surface area contributed by atoms with Crippen molar-refractivity contribution < 1.29 is 5.11 Å². The number of hydrogen-bond donors (Lipinski definition) is 4. The van der Waals surface area contributed by atoms with Crippen molar-refractivity contribution in [2.75, 3.05) is 0 Å². The Balaban J connectivity index is 2.43. The predicted octanol–water partition coefficient (Wildman–Crippen LogP) is 2.38. The number of nitrogens with one attached hydrogen (secondary N) is 3. The minimum atomic E-state index is -0.739. The van der Waals surface area contributed by atoms with Crippen LogP contribution in [0.2, 0.25) is 0 Å². The fourth-order valence-electron chi connectivity index (χ4n) is 1.20. The highest BCUT2D eigenvalue weighted by molar-refractivity contribution is 7.71. The van der Waals surface area contributed by atoms with Crippen LogP contribution in [0, 0.1) is 17.9 Å². The van der Waals surface area contributed by atoms with Gasteiger partial charge in [-0.05, 0) is 12.2 Å². The van der Waals surface area contributed by atoms with E-state index in [-0.39, 0.29) is 22.4 Å². The van der Waals surface area contributed by atoms with Crippen molar-refractivity contribution in [1.82, 2.24) is 19.9 Å². The molecule has 2 heterocycles. The molecule has 11 heteroatoms. The van der Waals surface area contributed by atoms with Gasteiger partial charge in [0.2, 0.25) is 11.6 Å². The monoisotopic (exact) mass is 288 g/mol. The largest absolute Gasteiger partial charge is 0.493 e. The highest BCUT2D eigenvalue weighted by Crippen LogP contribution is 2.29. The first kappa shape index (κ1) is 13.1. The third-order valence-corrected chi connectivity index (χ3v) is 2.22. The van der Waals surface area contributed by atoms with Gasteiger partial charge in [-0.1, -0.05) is 23.2 Å². The smallest absolute Gasteiger partial charge is 0.414 e. The molecule has 0 saturated carbocycles. The van der Waals surface area contributed by atoms with E-state index < -0.39 is 17.1 Å². The molecule has 4 N–H and O–H groups in total. The van der Waals surface area contributed by atoms with Crippen molar-refractivity contribution in [3.05, 3.63) is 38.0 Å². The molecule has 10 nitrogen and oxygen atoms in total. The van der Waals surface area contributed by atoms with Gasteiger partial charge in [-0.25, -0.2) is 0 Å². The Morgan fingerprint density at radius 2 is 1.95 bits per heavy atom. The number of azo groups is 1. The molecule has 0 bridgehead atoms. The molecule has 0 amide bonds. The number of nitrogens with zero attached hydrogens (tertiary/aromatic N) is 5. The summed E-state index contributed by atoms with van der Waals surface area (Å²) in [4.78, 5) is 28.2. The number of imidazole rings is 1. The molecule has 2 aromatic rings. The lowest BCUT2D eigenvalue weighted by atomic mass is 10.5. The molecule has 2 rings (SSSR count). The van der Waals surface area contributed by atoms with Crippen LogP contribution < -0.4 is 5.56 Å². The van der Waals surface area contributed by atoms with E-state index in [0.717, 1.165) is 0 Å². The van der Waals surface area contributed by atoms with Crippen LogP contribution >= 0.6 is 12.2 Å². The second kappa shape index (κ2) is 5.13. The van der Waals surface area contributed by atoms with E-state index in [9.17, 15) is 9.90 Å². The number of aromatic hydroxyl groups is 1. The summed E-state index contributed by atoms with van der Waals surface area (Å²) < 4.78 is -0.0602. The van der Waals surface area contributed by atoms with Gasteiger partial charge in [0.15, 0.2) is 4.77 Å². The van der Waals surface area contributed by atoms with E-state index in [1.807, 2.05) is 0 Å².